The topological polar surface area (TPSA) is 63.1 Å². The van der Waals surface area contributed by atoms with Crippen molar-refractivity contribution in [2.75, 3.05) is 13.1 Å². The van der Waals surface area contributed by atoms with Crippen molar-refractivity contribution in [1.82, 2.24) is 25.0 Å². The lowest BCUT2D eigenvalue weighted by molar-refractivity contribution is 0.0699. The maximum absolute atomic E-state index is 12.6. The molecule has 1 aromatic heterocycles. The van der Waals surface area contributed by atoms with Gasteiger partial charge in [0.2, 0.25) is 0 Å². The first-order valence-corrected chi connectivity index (χ1v) is 9.67. The Kier molecular flexibility index (Phi) is 4.96. The fourth-order valence-electron chi connectivity index (χ4n) is 3.93. The number of fused-ring (bicyclic) bond motifs is 1. The summed E-state index contributed by atoms with van der Waals surface area (Å²) in [6, 6.07) is 8.04. The average molecular weight is 374 g/mol. The van der Waals surface area contributed by atoms with Crippen LogP contribution in [0.1, 0.15) is 41.3 Å². The maximum atomic E-state index is 12.6. The lowest BCUT2D eigenvalue weighted by Gasteiger charge is -2.35. The second kappa shape index (κ2) is 7.37. The highest BCUT2D eigenvalue weighted by molar-refractivity contribution is 6.30. The van der Waals surface area contributed by atoms with Gasteiger partial charge in [-0.25, -0.2) is 9.67 Å². The molecule has 2 aliphatic heterocycles. The molecule has 0 spiro atoms. The molecule has 2 aromatic rings. The maximum Gasteiger partial charge on any atom is 0.253 e. The number of hydrogen-bond donors (Lipinski definition) is 1. The first-order chi connectivity index (χ1) is 12.6. The zero-order chi connectivity index (χ0) is 18.1. The van der Waals surface area contributed by atoms with E-state index in [4.69, 9.17) is 11.6 Å². The zero-order valence-electron chi connectivity index (χ0n) is 15.0. The van der Waals surface area contributed by atoms with Gasteiger partial charge in [0.25, 0.3) is 5.91 Å². The molecule has 2 aliphatic rings. The molecule has 7 heteroatoms. The summed E-state index contributed by atoms with van der Waals surface area (Å²) in [6.45, 7) is 4.42. The number of rotatable bonds is 3. The molecule has 1 saturated heterocycles. The Morgan fingerprint density at radius 3 is 2.62 bits per heavy atom. The summed E-state index contributed by atoms with van der Waals surface area (Å²) >= 11 is 5.90. The normalized spacial score (nSPS) is 20.8. The summed E-state index contributed by atoms with van der Waals surface area (Å²) in [4.78, 5) is 19.0. The summed E-state index contributed by atoms with van der Waals surface area (Å²) in [6.07, 6.45) is 4.05. The molecule has 1 aromatic carbocycles. The predicted molar refractivity (Wildman–Crippen MR) is 100 cm³/mol. The van der Waals surface area contributed by atoms with Crippen LogP contribution in [0, 0.1) is 6.92 Å². The van der Waals surface area contributed by atoms with Crippen molar-refractivity contribution in [2.45, 2.75) is 51.2 Å². The number of halogens is 1. The van der Waals surface area contributed by atoms with Crippen molar-refractivity contribution in [3.8, 4) is 0 Å². The summed E-state index contributed by atoms with van der Waals surface area (Å²) in [5.74, 6) is 2.05. The second-order valence-electron chi connectivity index (χ2n) is 7.23. The molecule has 0 radical (unpaired) electrons. The van der Waals surface area contributed by atoms with Crippen LogP contribution in [0.3, 0.4) is 0 Å². The first-order valence-electron chi connectivity index (χ1n) is 9.30. The molecule has 0 unspecified atom stereocenters. The lowest BCUT2D eigenvalue weighted by atomic mass is 10.0. The van der Waals surface area contributed by atoms with E-state index in [9.17, 15) is 4.79 Å². The number of amides is 1. The highest BCUT2D eigenvalue weighted by Gasteiger charge is 2.27. The molecule has 1 N–H and O–H groups in total. The highest BCUT2D eigenvalue weighted by atomic mass is 35.5. The molecule has 4 rings (SSSR count). The number of carbonyl (C=O) groups excluding carboxylic acids is 1. The van der Waals surface area contributed by atoms with E-state index in [0.717, 1.165) is 57.0 Å². The number of piperidine rings is 1. The van der Waals surface area contributed by atoms with Crippen LogP contribution in [0.25, 0.3) is 0 Å². The summed E-state index contributed by atoms with van der Waals surface area (Å²) < 4.78 is 2.04. The molecule has 0 aliphatic carbocycles. The summed E-state index contributed by atoms with van der Waals surface area (Å²) in [5, 5.41) is 8.90. The largest absolute Gasteiger partial charge is 0.339 e. The third-order valence-electron chi connectivity index (χ3n) is 5.31. The number of likely N-dealkylation sites (tertiary alicyclic amines) is 1. The van der Waals surface area contributed by atoms with E-state index in [1.165, 1.54) is 0 Å². The molecule has 0 bridgehead atoms. The van der Waals surface area contributed by atoms with Crippen LogP contribution >= 0.6 is 11.6 Å². The fourth-order valence-corrected chi connectivity index (χ4v) is 4.05. The molecule has 1 atom stereocenters. The molecule has 1 amide bonds. The van der Waals surface area contributed by atoms with Gasteiger partial charge in [-0.3, -0.25) is 4.79 Å². The summed E-state index contributed by atoms with van der Waals surface area (Å²) in [5.41, 5.74) is 0.710. The number of carbonyl (C=O) groups is 1. The van der Waals surface area contributed by atoms with Gasteiger partial charge >= 0.3 is 0 Å². The van der Waals surface area contributed by atoms with Crippen molar-refractivity contribution in [1.29, 1.82) is 0 Å². The third-order valence-corrected chi connectivity index (χ3v) is 5.56. The van der Waals surface area contributed by atoms with E-state index < -0.39 is 0 Å². The van der Waals surface area contributed by atoms with Crippen LogP contribution in [0.15, 0.2) is 24.3 Å². The minimum absolute atomic E-state index is 0.0977. The molecular formula is C19H24ClN5O. The number of hydrogen-bond acceptors (Lipinski definition) is 4. The molecular weight excluding hydrogens is 350 g/mol. The van der Waals surface area contributed by atoms with E-state index in [2.05, 4.69) is 15.4 Å². The highest BCUT2D eigenvalue weighted by Crippen LogP contribution is 2.19. The van der Waals surface area contributed by atoms with Crippen molar-refractivity contribution < 1.29 is 4.79 Å². The van der Waals surface area contributed by atoms with E-state index in [-0.39, 0.29) is 5.91 Å². The second-order valence-corrected chi connectivity index (χ2v) is 7.67. The number of aromatic nitrogens is 3. The van der Waals surface area contributed by atoms with Gasteiger partial charge in [-0.05, 0) is 50.5 Å². The van der Waals surface area contributed by atoms with Gasteiger partial charge in [-0.2, -0.15) is 5.10 Å². The lowest BCUT2D eigenvalue weighted by Crippen LogP contribution is -2.49. The van der Waals surface area contributed by atoms with Gasteiger partial charge < -0.3 is 10.2 Å². The van der Waals surface area contributed by atoms with Crippen LogP contribution in [-0.2, 0) is 13.0 Å². The Morgan fingerprint density at radius 2 is 1.88 bits per heavy atom. The average Bonchev–Trinajstić information content (AvgIpc) is 3.02. The van der Waals surface area contributed by atoms with Crippen LogP contribution in [0.5, 0.6) is 0 Å². The van der Waals surface area contributed by atoms with Crippen LogP contribution in [0.2, 0.25) is 5.02 Å². The van der Waals surface area contributed by atoms with Crippen molar-refractivity contribution in [2.24, 2.45) is 0 Å². The predicted octanol–water partition coefficient (Wildman–Crippen LogP) is 2.45. The quantitative estimate of drug-likeness (QED) is 0.897. The van der Waals surface area contributed by atoms with Gasteiger partial charge in [-0.15, -0.1) is 0 Å². The number of benzene rings is 1. The van der Waals surface area contributed by atoms with Gasteiger partial charge in [0.15, 0.2) is 0 Å². The van der Waals surface area contributed by atoms with Crippen LogP contribution in [-0.4, -0.2) is 50.7 Å². The fraction of sp³-hybridized carbons (Fsp3) is 0.526. The Morgan fingerprint density at radius 1 is 1.15 bits per heavy atom. The van der Waals surface area contributed by atoms with Crippen molar-refractivity contribution in [3.05, 3.63) is 46.5 Å². The van der Waals surface area contributed by atoms with Crippen LogP contribution < -0.4 is 5.32 Å². The van der Waals surface area contributed by atoms with Gasteiger partial charge in [0, 0.05) is 42.2 Å². The number of nitrogens with one attached hydrogen (secondary N) is 1. The Labute approximate surface area is 158 Å². The Bertz CT molecular complexity index is 780. The van der Waals surface area contributed by atoms with Gasteiger partial charge in [0.05, 0.1) is 6.54 Å². The van der Waals surface area contributed by atoms with E-state index in [1.54, 1.807) is 24.3 Å². The molecule has 0 saturated carbocycles. The molecule has 1 fully saturated rings. The number of nitrogens with zero attached hydrogens (tertiary/aromatic N) is 4. The Balaban J connectivity index is 1.29. The van der Waals surface area contributed by atoms with E-state index in [1.807, 2.05) is 16.5 Å². The first kappa shape index (κ1) is 17.5. The minimum Gasteiger partial charge on any atom is -0.339 e. The zero-order valence-corrected chi connectivity index (χ0v) is 15.7. The van der Waals surface area contributed by atoms with E-state index >= 15 is 0 Å². The third kappa shape index (κ3) is 3.76. The number of aryl methyl sites for hydroxylation is 2. The summed E-state index contributed by atoms with van der Waals surface area (Å²) in [7, 11) is 0. The Hall–Kier alpha value is -1.92. The van der Waals surface area contributed by atoms with E-state index in [0.29, 0.717) is 22.7 Å². The van der Waals surface area contributed by atoms with Crippen molar-refractivity contribution >= 4 is 17.5 Å². The molecule has 3 heterocycles. The SMILES string of the molecule is Cc1nc2n(n1)C[C@@H](NC1CCN(C(=O)c3ccc(Cl)cc3)CC1)CC2. The van der Waals surface area contributed by atoms with Crippen LogP contribution in [0.4, 0.5) is 0 Å². The molecule has 26 heavy (non-hydrogen) atoms. The van der Waals surface area contributed by atoms with Gasteiger partial charge in [0.1, 0.15) is 11.6 Å². The molecule has 6 nitrogen and oxygen atoms in total. The standard InChI is InChI=1S/C19H24ClN5O/c1-13-21-18-7-6-17(12-25(18)23-13)22-16-8-10-24(11-9-16)19(26)14-2-4-15(20)5-3-14/h2-5,16-17,22H,6-12H2,1H3/t17-/m0/s1. The smallest absolute Gasteiger partial charge is 0.253 e. The van der Waals surface area contributed by atoms with Gasteiger partial charge in [-0.1, -0.05) is 11.6 Å². The van der Waals surface area contributed by atoms with Crippen molar-refractivity contribution in [3.63, 3.8) is 0 Å². The monoisotopic (exact) mass is 373 g/mol. The molecule has 138 valence electrons. The minimum atomic E-state index is 0.0977.